The molecule has 0 aliphatic carbocycles. The number of hydrogen-bond donors (Lipinski definition) is 1. The van der Waals surface area contributed by atoms with Crippen molar-refractivity contribution in [2.24, 2.45) is 0 Å². The van der Waals surface area contributed by atoms with Gasteiger partial charge in [0.05, 0.1) is 22.5 Å². The second kappa shape index (κ2) is 6.55. The average molecular weight is 336 g/mol. The summed E-state index contributed by atoms with van der Waals surface area (Å²) in [7, 11) is 0. The Balaban J connectivity index is 1.72. The highest BCUT2D eigenvalue weighted by atomic mass is 35.5. The second-order valence-electron chi connectivity index (χ2n) is 5.18. The quantitative estimate of drug-likeness (QED) is 0.912. The molecule has 1 saturated heterocycles. The van der Waals surface area contributed by atoms with E-state index in [2.05, 4.69) is 15.2 Å². The number of nitrogens with zero attached hydrogens (tertiary/aromatic N) is 2. The number of benzene rings is 1. The van der Waals surface area contributed by atoms with E-state index in [-0.39, 0.29) is 5.91 Å². The molecule has 3 rings (SSSR count). The van der Waals surface area contributed by atoms with Crippen LogP contribution < -0.4 is 10.2 Å². The van der Waals surface area contributed by atoms with E-state index in [1.54, 1.807) is 24.4 Å². The molecule has 0 atom stereocenters. The third-order valence-electron chi connectivity index (χ3n) is 3.61. The Bertz CT molecular complexity index is 682. The molecule has 0 bridgehead atoms. The smallest absolute Gasteiger partial charge is 0.257 e. The molecule has 1 aliphatic rings. The number of halogens is 2. The highest BCUT2D eigenvalue weighted by Gasteiger charge is 2.14. The lowest BCUT2D eigenvalue weighted by Crippen LogP contribution is -2.19. The van der Waals surface area contributed by atoms with E-state index >= 15 is 0 Å². The van der Waals surface area contributed by atoms with Gasteiger partial charge in [-0.05, 0) is 43.2 Å². The zero-order valence-electron chi connectivity index (χ0n) is 11.9. The van der Waals surface area contributed by atoms with Gasteiger partial charge in [0.15, 0.2) is 0 Å². The van der Waals surface area contributed by atoms with Gasteiger partial charge < -0.3 is 10.2 Å². The van der Waals surface area contributed by atoms with Crippen molar-refractivity contribution in [3.05, 3.63) is 52.1 Å². The maximum absolute atomic E-state index is 12.2. The van der Waals surface area contributed by atoms with E-state index in [4.69, 9.17) is 23.2 Å². The van der Waals surface area contributed by atoms with E-state index in [9.17, 15) is 4.79 Å². The molecule has 2 aromatic rings. The van der Waals surface area contributed by atoms with Crippen molar-refractivity contribution in [2.45, 2.75) is 12.8 Å². The molecule has 1 aromatic heterocycles. The van der Waals surface area contributed by atoms with Crippen LogP contribution in [0.1, 0.15) is 23.2 Å². The monoisotopic (exact) mass is 335 g/mol. The van der Waals surface area contributed by atoms with Gasteiger partial charge in [-0.15, -0.1) is 0 Å². The summed E-state index contributed by atoms with van der Waals surface area (Å²) in [5.74, 6) is 0.638. The second-order valence-corrected chi connectivity index (χ2v) is 6.02. The van der Waals surface area contributed by atoms with E-state index in [0.29, 0.717) is 21.3 Å². The van der Waals surface area contributed by atoms with Gasteiger partial charge in [-0.2, -0.15) is 0 Å². The number of carbonyl (C=O) groups excluding carboxylic acids is 1. The molecule has 1 N–H and O–H groups in total. The van der Waals surface area contributed by atoms with Crippen molar-refractivity contribution in [3.8, 4) is 0 Å². The van der Waals surface area contributed by atoms with E-state index in [1.165, 1.54) is 12.8 Å². The minimum Gasteiger partial charge on any atom is -0.357 e. The molecular weight excluding hydrogens is 321 g/mol. The number of pyridine rings is 1. The molecule has 1 aromatic carbocycles. The zero-order valence-corrected chi connectivity index (χ0v) is 13.4. The van der Waals surface area contributed by atoms with Gasteiger partial charge in [-0.3, -0.25) is 4.79 Å². The normalized spacial score (nSPS) is 14.2. The summed E-state index contributed by atoms with van der Waals surface area (Å²) in [4.78, 5) is 18.9. The molecule has 6 heteroatoms. The van der Waals surface area contributed by atoms with Crippen molar-refractivity contribution >= 4 is 40.6 Å². The van der Waals surface area contributed by atoms with Gasteiger partial charge in [-0.1, -0.05) is 23.2 Å². The molecule has 0 saturated carbocycles. The molecule has 1 aliphatic heterocycles. The van der Waals surface area contributed by atoms with Gasteiger partial charge in [-0.25, -0.2) is 4.98 Å². The van der Waals surface area contributed by atoms with Crippen molar-refractivity contribution < 1.29 is 4.79 Å². The molecule has 0 radical (unpaired) electrons. The van der Waals surface area contributed by atoms with Crippen molar-refractivity contribution in [2.75, 3.05) is 23.3 Å². The number of rotatable bonds is 3. The predicted molar refractivity (Wildman–Crippen MR) is 90.1 cm³/mol. The topological polar surface area (TPSA) is 45.2 Å². The van der Waals surface area contributed by atoms with Gasteiger partial charge in [0, 0.05) is 18.1 Å². The Morgan fingerprint density at radius 1 is 1.14 bits per heavy atom. The van der Waals surface area contributed by atoms with Gasteiger partial charge >= 0.3 is 0 Å². The number of nitrogens with one attached hydrogen (secondary N) is 1. The first-order valence-corrected chi connectivity index (χ1v) is 7.86. The lowest BCUT2D eigenvalue weighted by atomic mass is 10.2. The highest BCUT2D eigenvalue weighted by Crippen LogP contribution is 2.23. The summed E-state index contributed by atoms with van der Waals surface area (Å²) in [6.45, 7) is 2.08. The van der Waals surface area contributed by atoms with Crippen LogP contribution in [-0.2, 0) is 0 Å². The first kappa shape index (κ1) is 15.1. The molecule has 114 valence electrons. The minimum absolute atomic E-state index is 0.303. The lowest BCUT2D eigenvalue weighted by molar-refractivity contribution is 0.102. The number of anilines is 2. The van der Waals surface area contributed by atoms with Crippen LogP contribution in [0.2, 0.25) is 10.0 Å². The van der Waals surface area contributed by atoms with Crippen LogP contribution in [0.5, 0.6) is 0 Å². The van der Waals surface area contributed by atoms with E-state index < -0.39 is 0 Å². The predicted octanol–water partition coefficient (Wildman–Crippen LogP) is 4.24. The first-order chi connectivity index (χ1) is 10.6. The Kier molecular flexibility index (Phi) is 4.50. The van der Waals surface area contributed by atoms with Gasteiger partial charge in [0.25, 0.3) is 5.91 Å². The van der Waals surface area contributed by atoms with Crippen LogP contribution >= 0.6 is 23.2 Å². The van der Waals surface area contributed by atoms with Crippen LogP contribution in [0.3, 0.4) is 0 Å². The maximum atomic E-state index is 12.2. The standard InChI is InChI=1S/C16H15Cl2N3O/c17-11-3-5-14(18)13(9-11)16(22)20-12-4-6-15(19-10-12)21-7-1-2-8-21/h3-6,9-10H,1-2,7-8H2,(H,20,22). The summed E-state index contributed by atoms with van der Waals surface area (Å²) in [5.41, 5.74) is 0.974. The Morgan fingerprint density at radius 2 is 1.91 bits per heavy atom. The summed E-state index contributed by atoms with van der Waals surface area (Å²) in [6, 6.07) is 8.56. The SMILES string of the molecule is O=C(Nc1ccc(N2CCCC2)nc1)c1cc(Cl)ccc1Cl. The third kappa shape index (κ3) is 3.34. The van der Waals surface area contributed by atoms with Crippen LogP contribution in [0.4, 0.5) is 11.5 Å². The molecule has 1 fully saturated rings. The minimum atomic E-state index is -0.303. The zero-order chi connectivity index (χ0) is 15.5. The van der Waals surface area contributed by atoms with Gasteiger partial charge in [0.2, 0.25) is 0 Å². The van der Waals surface area contributed by atoms with Crippen molar-refractivity contribution in [3.63, 3.8) is 0 Å². The lowest BCUT2D eigenvalue weighted by Gasteiger charge is -2.16. The molecule has 2 heterocycles. The van der Waals surface area contributed by atoms with Crippen molar-refractivity contribution in [1.29, 1.82) is 0 Å². The van der Waals surface area contributed by atoms with Crippen molar-refractivity contribution in [1.82, 2.24) is 4.98 Å². The fourth-order valence-corrected chi connectivity index (χ4v) is 2.84. The average Bonchev–Trinajstić information content (AvgIpc) is 3.05. The van der Waals surface area contributed by atoms with Crippen LogP contribution in [0.25, 0.3) is 0 Å². The number of hydrogen-bond acceptors (Lipinski definition) is 3. The van der Waals surface area contributed by atoms with Crippen LogP contribution in [0, 0.1) is 0 Å². The highest BCUT2D eigenvalue weighted by molar-refractivity contribution is 6.36. The molecule has 1 amide bonds. The molecule has 4 nitrogen and oxygen atoms in total. The van der Waals surface area contributed by atoms with Crippen LogP contribution in [0.15, 0.2) is 36.5 Å². The molecular formula is C16H15Cl2N3O. The summed E-state index contributed by atoms with van der Waals surface area (Å²) >= 11 is 11.9. The molecule has 22 heavy (non-hydrogen) atoms. The van der Waals surface area contributed by atoms with E-state index in [1.807, 2.05) is 12.1 Å². The fraction of sp³-hybridized carbons (Fsp3) is 0.250. The first-order valence-electron chi connectivity index (χ1n) is 7.11. The molecule has 0 spiro atoms. The van der Waals surface area contributed by atoms with E-state index in [0.717, 1.165) is 18.9 Å². The fourth-order valence-electron chi connectivity index (χ4n) is 2.46. The number of aromatic nitrogens is 1. The Hall–Kier alpha value is -1.78. The summed E-state index contributed by atoms with van der Waals surface area (Å²) in [6.07, 6.45) is 4.06. The Labute approximate surface area is 139 Å². The summed E-state index contributed by atoms with van der Waals surface area (Å²) in [5, 5.41) is 3.61. The molecule has 0 unspecified atom stereocenters. The van der Waals surface area contributed by atoms with Crippen LogP contribution in [-0.4, -0.2) is 24.0 Å². The summed E-state index contributed by atoms with van der Waals surface area (Å²) < 4.78 is 0. The largest absolute Gasteiger partial charge is 0.357 e. The maximum Gasteiger partial charge on any atom is 0.257 e. The number of amides is 1. The third-order valence-corrected chi connectivity index (χ3v) is 4.17. The number of carbonyl (C=O) groups is 1. The van der Waals surface area contributed by atoms with Gasteiger partial charge in [0.1, 0.15) is 5.82 Å². The Morgan fingerprint density at radius 3 is 2.59 bits per heavy atom.